The van der Waals surface area contributed by atoms with Crippen LogP contribution in [0.5, 0.6) is 0 Å². The van der Waals surface area contributed by atoms with Crippen LogP contribution in [0, 0.1) is 0 Å². The normalized spacial score (nSPS) is 11.8. The highest BCUT2D eigenvalue weighted by Gasteiger charge is 2.15. The van der Waals surface area contributed by atoms with Crippen molar-refractivity contribution in [1.29, 1.82) is 0 Å². The highest BCUT2D eigenvalue weighted by atomic mass is 35.5. The molecule has 0 aliphatic carbocycles. The summed E-state index contributed by atoms with van der Waals surface area (Å²) < 4.78 is 27.4. The lowest BCUT2D eigenvalue weighted by Crippen LogP contribution is -2.15. The van der Waals surface area contributed by atoms with E-state index < -0.39 is 15.9 Å². The van der Waals surface area contributed by atoms with E-state index in [2.05, 4.69) is 10.0 Å². The molecule has 0 bridgehead atoms. The second-order valence-electron chi connectivity index (χ2n) is 6.54. The van der Waals surface area contributed by atoms with Crippen molar-refractivity contribution in [2.45, 2.75) is 19.9 Å². The molecule has 148 valence electrons. The number of fused-ring (bicyclic) bond motifs is 1. The average Bonchev–Trinajstić information content (AvgIpc) is 2.88. The highest BCUT2D eigenvalue weighted by Crippen LogP contribution is 2.26. The summed E-state index contributed by atoms with van der Waals surface area (Å²) in [6, 6.07) is 9.57. The van der Waals surface area contributed by atoms with Gasteiger partial charge in [0.05, 0.1) is 27.1 Å². The molecule has 0 unspecified atom stereocenters. The first-order chi connectivity index (χ1) is 13.0. The van der Waals surface area contributed by atoms with Gasteiger partial charge in [0.1, 0.15) is 0 Å². The topological polar surface area (TPSA) is 97.3 Å². The van der Waals surface area contributed by atoms with Crippen LogP contribution in [0.25, 0.3) is 10.2 Å². The van der Waals surface area contributed by atoms with E-state index in [-0.39, 0.29) is 27.2 Å². The van der Waals surface area contributed by atoms with Crippen molar-refractivity contribution >= 4 is 60.5 Å². The van der Waals surface area contributed by atoms with E-state index in [1.54, 1.807) is 22.8 Å². The van der Waals surface area contributed by atoms with Gasteiger partial charge in [-0.25, -0.2) is 8.42 Å². The van der Waals surface area contributed by atoms with Gasteiger partial charge in [-0.2, -0.15) is 0 Å². The lowest BCUT2D eigenvalue weighted by Gasteiger charge is -2.10. The van der Waals surface area contributed by atoms with Crippen molar-refractivity contribution < 1.29 is 13.2 Å². The Morgan fingerprint density at radius 1 is 1.14 bits per heavy atom. The Balaban J connectivity index is 1.86. The fraction of sp³-hybridized carbons (Fsp3) is 0.222. The number of amides is 1. The Bertz CT molecular complexity index is 1230. The van der Waals surface area contributed by atoms with E-state index in [1.165, 1.54) is 18.2 Å². The predicted molar refractivity (Wildman–Crippen MR) is 114 cm³/mol. The van der Waals surface area contributed by atoms with Crippen LogP contribution in [0.3, 0.4) is 0 Å². The van der Waals surface area contributed by atoms with Crippen LogP contribution in [0.2, 0.25) is 5.02 Å². The number of hydrogen-bond donors (Lipinski definition) is 2. The van der Waals surface area contributed by atoms with Gasteiger partial charge in [0.25, 0.3) is 5.91 Å². The Hall–Kier alpha value is -2.36. The van der Waals surface area contributed by atoms with Crippen LogP contribution in [0.1, 0.15) is 30.2 Å². The molecule has 0 radical (unpaired) electrons. The minimum Gasteiger partial charge on any atom is -0.322 e. The first-order valence-corrected chi connectivity index (χ1v) is 11.4. The summed E-state index contributed by atoms with van der Waals surface area (Å²) in [5, 5.41) is 2.86. The zero-order valence-corrected chi connectivity index (χ0v) is 17.7. The lowest BCUT2D eigenvalue weighted by molar-refractivity contribution is 0.102. The van der Waals surface area contributed by atoms with Crippen molar-refractivity contribution in [3.63, 3.8) is 0 Å². The molecule has 0 atom stereocenters. The maximum Gasteiger partial charge on any atom is 0.308 e. The third-order valence-corrected chi connectivity index (χ3v) is 5.74. The number of thiazole rings is 1. The van der Waals surface area contributed by atoms with Gasteiger partial charge in [-0.1, -0.05) is 22.9 Å². The maximum absolute atomic E-state index is 12.6. The van der Waals surface area contributed by atoms with Crippen LogP contribution >= 0.6 is 22.9 Å². The highest BCUT2D eigenvalue weighted by molar-refractivity contribution is 7.92. The molecule has 0 spiro atoms. The summed E-state index contributed by atoms with van der Waals surface area (Å²) in [5.41, 5.74) is 1.82. The lowest BCUT2D eigenvalue weighted by atomic mass is 10.2. The van der Waals surface area contributed by atoms with Gasteiger partial charge in [-0.3, -0.25) is 18.9 Å². The van der Waals surface area contributed by atoms with Gasteiger partial charge in [-0.15, -0.1) is 0 Å². The number of halogens is 1. The quantitative estimate of drug-likeness (QED) is 0.629. The van der Waals surface area contributed by atoms with Crippen molar-refractivity contribution in [3.05, 3.63) is 56.7 Å². The number of nitrogens with zero attached hydrogens (tertiary/aromatic N) is 1. The first kappa shape index (κ1) is 20.4. The van der Waals surface area contributed by atoms with Gasteiger partial charge < -0.3 is 5.32 Å². The number of aromatic nitrogens is 1. The zero-order chi connectivity index (χ0) is 20.6. The smallest absolute Gasteiger partial charge is 0.308 e. The number of hydrogen-bond acceptors (Lipinski definition) is 5. The molecule has 1 amide bonds. The number of carbonyl (C=O) groups excluding carboxylic acids is 1. The number of rotatable bonds is 5. The van der Waals surface area contributed by atoms with E-state index in [4.69, 9.17) is 11.6 Å². The van der Waals surface area contributed by atoms with Crippen molar-refractivity contribution in [2.75, 3.05) is 16.3 Å². The third kappa shape index (κ3) is 4.37. The Labute approximate surface area is 171 Å². The number of sulfonamides is 1. The molecule has 28 heavy (non-hydrogen) atoms. The monoisotopic (exact) mass is 439 g/mol. The summed E-state index contributed by atoms with van der Waals surface area (Å²) >= 11 is 7.25. The average molecular weight is 440 g/mol. The van der Waals surface area contributed by atoms with Gasteiger partial charge in [-0.05, 0) is 50.2 Å². The molecule has 0 aliphatic rings. The standard InChI is InChI=1S/C18H18ClN3O4S2/c1-10(2)22-15-7-5-11(9-16(15)27-18(22)24)20-17(23)13-6-4-12(8-14(13)19)21-28(3,25)26/h4-10,21H,1-3H3,(H,20,23). The molecule has 1 heterocycles. The zero-order valence-electron chi connectivity index (χ0n) is 15.3. The van der Waals surface area contributed by atoms with Gasteiger partial charge in [0, 0.05) is 17.4 Å². The molecule has 3 aromatic rings. The largest absolute Gasteiger partial charge is 0.322 e. The van der Waals surface area contributed by atoms with Crippen molar-refractivity contribution in [1.82, 2.24) is 4.57 Å². The molecule has 2 aromatic carbocycles. The van der Waals surface area contributed by atoms with E-state index in [0.29, 0.717) is 5.69 Å². The third-order valence-electron chi connectivity index (χ3n) is 3.90. The van der Waals surface area contributed by atoms with E-state index in [9.17, 15) is 18.0 Å². The second-order valence-corrected chi connectivity index (χ2v) is 9.69. The maximum atomic E-state index is 12.6. The number of carbonyl (C=O) groups is 1. The molecular weight excluding hydrogens is 422 g/mol. The minimum absolute atomic E-state index is 0.0413. The van der Waals surface area contributed by atoms with E-state index >= 15 is 0 Å². The van der Waals surface area contributed by atoms with Crippen LogP contribution in [0.4, 0.5) is 11.4 Å². The summed E-state index contributed by atoms with van der Waals surface area (Å²) in [4.78, 5) is 24.6. The molecule has 7 nitrogen and oxygen atoms in total. The summed E-state index contributed by atoms with van der Waals surface area (Å²) in [7, 11) is -3.44. The molecule has 2 N–H and O–H groups in total. The Kier molecular flexibility index (Phi) is 5.51. The van der Waals surface area contributed by atoms with Crippen molar-refractivity contribution in [3.8, 4) is 0 Å². The van der Waals surface area contributed by atoms with Crippen LogP contribution < -0.4 is 14.9 Å². The van der Waals surface area contributed by atoms with Crippen LogP contribution in [-0.4, -0.2) is 25.1 Å². The predicted octanol–water partition coefficient (Wildman–Crippen LogP) is 3.92. The molecule has 0 aliphatic heterocycles. The van der Waals surface area contributed by atoms with Gasteiger partial charge in [0.2, 0.25) is 10.0 Å². The minimum atomic E-state index is -3.44. The first-order valence-electron chi connectivity index (χ1n) is 8.29. The number of benzene rings is 2. The fourth-order valence-electron chi connectivity index (χ4n) is 2.78. The van der Waals surface area contributed by atoms with Gasteiger partial charge in [0.15, 0.2) is 0 Å². The fourth-order valence-corrected chi connectivity index (χ4v) is 4.65. The molecule has 0 saturated heterocycles. The Morgan fingerprint density at radius 3 is 2.43 bits per heavy atom. The molecule has 0 saturated carbocycles. The molecule has 0 fully saturated rings. The second kappa shape index (κ2) is 7.57. The van der Waals surface area contributed by atoms with Crippen molar-refractivity contribution in [2.24, 2.45) is 0 Å². The summed E-state index contributed by atoms with van der Waals surface area (Å²) in [6.45, 7) is 3.88. The summed E-state index contributed by atoms with van der Waals surface area (Å²) in [6.07, 6.45) is 1.03. The SMILES string of the molecule is CC(C)n1c(=O)sc2cc(NC(=O)c3ccc(NS(C)(=O)=O)cc3Cl)ccc21. The summed E-state index contributed by atoms with van der Waals surface area (Å²) in [5.74, 6) is -0.439. The molecule has 1 aromatic heterocycles. The van der Waals surface area contributed by atoms with E-state index in [1.807, 2.05) is 13.8 Å². The van der Waals surface area contributed by atoms with Gasteiger partial charge >= 0.3 is 4.87 Å². The molecule has 3 rings (SSSR count). The Morgan fingerprint density at radius 2 is 1.82 bits per heavy atom. The number of nitrogens with one attached hydrogen (secondary N) is 2. The number of anilines is 2. The van der Waals surface area contributed by atoms with E-state index in [0.717, 1.165) is 27.8 Å². The molecular formula is C18H18ClN3O4S2. The van der Waals surface area contributed by atoms with Crippen LogP contribution in [-0.2, 0) is 10.0 Å². The molecule has 10 heteroatoms. The van der Waals surface area contributed by atoms with Crippen LogP contribution in [0.15, 0.2) is 41.2 Å².